The van der Waals surface area contributed by atoms with Crippen LogP contribution in [0.2, 0.25) is 0 Å². The number of nitriles is 1. The van der Waals surface area contributed by atoms with Crippen molar-refractivity contribution in [2.45, 2.75) is 12.8 Å². The standard InChI is InChI=1S/C10H8BrNO/c11-9-5-7(1-3-12)10-8(6-9)2-4-13-10/h5-6H,1-2,4H2. The van der Waals surface area contributed by atoms with Gasteiger partial charge in [-0.05, 0) is 17.7 Å². The van der Waals surface area contributed by atoms with Crippen LogP contribution in [0.15, 0.2) is 16.6 Å². The van der Waals surface area contributed by atoms with Crippen molar-refractivity contribution in [1.82, 2.24) is 0 Å². The van der Waals surface area contributed by atoms with Crippen molar-refractivity contribution in [3.8, 4) is 11.8 Å². The molecule has 0 saturated heterocycles. The zero-order valence-electron chi connectivity index (χ0n) is 7.01. The van der Waals surface area contributed by atoms with Gasteiger partial charge < -0.3 is 4.74 Å². The molecule has 0 fully saturated rings. The molecule has 0 aromatic heterocycles. The Morgan fingerprint density at radius 1 is 1.54 bits per heavy atom. The van der Waals surface area contributed by atoms with E-state index in [0.717, 1.165) is 28.8 Å². The fourth-order valence-electron chi connectivity index (χ4n) is 1.56. The Bertz CT molecular complexity index is 381. The van der Waals surface area contributed by atoms with Gasteiger partial charge in [0.1, 0.15) is 5.75 Å². The van der Waals surface area contributed by atoms with E-state index in [0.29, 0.717) is 6.42 Å². The molecular weight excluding hydrogens is 230 g/mol. The summed E-state index contributed by atoms with van der Waals surface area (Å²) in [5.41, 5.74) is 2.20. The van der Waals surface area contributed by atoms with Crippen molar-refractivity contribution in [3.63, 3.8) is 0 Å². The second-order valence-corrected chi connectivity index (χ2v) is 3.90. The number of nitrogens with zero attached hydrogens (tertiary/aromatic N) is 1. The number of rotatable bonds is 1. The first-order valence-corrected chi connectivity index (χ1v) is 4.91. The summed E-state index contributed by atoms with van der Waals surface area (Å²) in [6, 6.07) is 6.15. The van der Waals surface area contributed by atoms with E-state index in [9.17, 15) is 0 Å². The minimum atomic E-state index is 0.418. The number of fused-ring (bicyclic) bond motifs is 1. The summed E-state index contributed by atoms with van der Waals surface area (Å²) in [5, 5.41) is 8.62. The van der Waals surface area contributed by atoms with Gasteiger partial charge in [0.25, 0.3) is 0 Å². The maximum Gasteiger partial charge on any atom is 0.126 e. The first kappa shape index (κ1) is 8.58. The SMILES string of the molecule is N#CCc1cc(Br)cc2c1OCC2. The minimum Gasteiger partial charge on any atom is -0.493 e. The first-order chi connectivity index (χ1) is 6.31. The molecule has 1 aliphatic heterocycles. The largest absolute Gasteiger partial charge is 0.493 e. The fraction of sp³-hybridized carbons (Fsp3) is 0.300. The van der Waals surface area contributed by atoms with Gasteiger partial charge in [0.05, 0.1) is 19.1 Å². The van der Waals surface area contributed by atoms with Gasteiger partial charge in [-0.1, -0.05) is 15.9 Å². The zero-order valence-corrected chi connectivity index (χ0v) is 8.60. The minimum absolute atomic E-state index is 0.418. The number of hydrogen-bond donors (Lipinski definition) is 0. The van der Waals surface area contributed by atoms with Gasteiger partial charge in [0.2, 0.25) is 0 Å². The average molecular weight is 238 g/mol. The fourth-order valence-corrected chi connectivity index (χ4v) is 2.12. The van der Waals surface area contributed by atoms with Crippen molar-refractivity contribution in [3.05, 3.63) is 27.7 Å². The summed E-state index contributed by atoms with van der Waals surface area (Å²) >= 11 is 3.42. The Morgan fingerprint density at radius 3 is 3.15 bits per heavy atom. The van der Waals surface area contributed by atoms with Crippen molar-refractivity contribution >= 4 is 15.9 Å². The van der Waals surface area contributed by atoms with Crippen LogP contribution in [0.3, 0.4) is 0 Å². The molecule has 1 aromatic rings. The van der Waals surface area contributed by atoms with E-state index in [-0.39, 0.29) is 0 Å². The van der Waals surface area contributed by atoms with Crippen LogP contribution >= 0.6 is 15.9 Å². The normalized spacial score (nSPS) is 13.2. The van der Waals surface area contributed by atoms with Crippen LogP contribution in [0.4, 0.5) is 0 Å². The van der Waals surface area contributed by atoms with E-state index in [2.05, 4.69) is 28.1 Å². The molecule has 3 heteroatoms. The van der Waals surface area contributed by atoms with Gasteiger partial charge in [-0.25, -0.2) is 0 Å². The van der Waals surface area contributed by atoms with Crippen molar-refractivity contribution in [2.24, 2.45) is 0 Å². The Labute approximate surface area is 85.3 Å². The molecule has 66 valence electrons. The van der Waals surface area contributed by atoms with Crippen LogP contribution < -0.4 is 4.74 Å². The predicted octanol–water partition coefficient (Wildman–Crippen LogP) is 2.45. The van der Waals surface area contributed by atoms with Crippen molar-refractivity contribution in [1.29, 1.82) is 5.26 Å². The third-order valence-corrected chi connectivity index (χ3v) is 2.55. The Hall–Kier alpha value is -1.01. The summed E-state index contributed by atoms with van der Waals surface area (Å²) in [7, 11) is 0. The highest BCUT2D eigenvalue weighted by Crippen LogP contribution is 2.32. The van der Waals surface area contributed by atoms with Gasteiger partial charge in [-0.2, -0.15) is 5.26 Å². The smallest absolute Gasteiger partial charge is 0.126 e. The molecule has 0 radical (unpaired) electrons. The third kappa shape index (κ3) is 1.54. The lowest BCUT2D eigenvalue weighted by atomic mass is 10.1. The monoisotopic (exact) mass is 237 g/mol. The molecule has 0 spiro atoms. The molecule has 1 aromatic carbocycles. The molecule has 2 nitrogen and oxygen atoms in total. The maximum absolute atomic E-state index is 8.62. The summed E-state index contributed by atoms with van der Waals surface area (Å²) in [5.74, 6) is 0.921. The van der Waals surface area contributed by atoms with Gasteiger partial charge in [-0.15, -0.1) is 0 Å². The highest BCUT2D eigenvalue weighted by molar-refractivity contribution is 9.10. The summed E-state index contributed by atoms with van der Waals surface area (Å²) in [6.45, 7) is 0.740. The van der Waals surface area contributed by atoms with E-state index in [1.165, 1.54) is 5.56 Å². The second kappa shape index (κ2) is 3.39. The van der Waals surface area contributed by atoms with E-state index < -0.39 is 0 Å². The summed E-state index contributed by atoms with van der Waals surface area (Å²) in [6.07, 6.45) is 1.37. The molecular formula is C10H8BrNO. The number of hydrogen-bond acceptors (Lipinski definition) is 2. The molecule has 0 saturated carbocycles. The molecule has 2 rings (SSSR count). The van der Waals surface area contributed by atoms with E-state index in [1.54, 1.807) is 0 Å². The molecule has 0 bridgehead atoms. The van der Waals surface area contributed by atoms with Crippen LogP contribution in [0.5, 0.6) is 5.75 Å². The van der Waals surface area contributed by atoms with Gasteiger partial charge in [0.15, 0.2) is 0 Å². The van der Waals surface area contributed by atoms with E-state index in [1.807, 2.05) is 6.07 Å². The molecule has 0 aliphatic carbocycles. The van der Waals surface area contributed by atoms with Crippen molar-refractivity contribution < 1.29 is 4.74 Å². The van der Waals surface area contributed by atoms with Crippen molar-refractivity contribution in [2.75, 3.05) is 6.61 Å². The number of benzene rings is 1. The predicted molar refractivity (Wildman–Crippen MR) is 52.7 cm³/mol. The zero-order chi connectivity index (χ0) is 9.26. The lowest BCUT2D eigenvalue weighted by molar-refractivity contribution is 0.354. The second-order valence-electron chi connectivity index (χ2n) is 2.99. The Morgan fingerprint density at radius 2 is 2.38 bits per heavy atom. The average Bonchev–Trinajstić information content (AvgIpc) is 2.52. The van der Waals surface area contributed by atoms with Crippen LogP contribution in [-0.4, -0.2) is 6.61 Å². The van der Waals surface area contributed by atoms with Gasteiger partial charge >= 0.3 is 0 Å². The van der Waals surface area contributed by atoms with Gasteiger partial charge in [-0.3, -0.25) is 0 Å². The Balaban J connectivity index is 2.50. The number of ether oxygens (including phenoxy) is 1. The maximum atomic E-state index is 8.62. The molecule has 13 heavy (non-hydrogen) atoms. The molecule has 0 amide bonds. The highest BCUT2D eigenvalue weighted by atomic mass is 79.9. The van der Waals surface area contributed by atoms with Crippen LogP contribution in [0.25, 0.3) is 0 Å². The highest BCUT2D eigenvalue weighted by Gasteiger charge is 2.16. The summed E-state index contributed by atoms with van der Waals surface area (Å²) < 4.78 is 6.49. The molecule has 1 aliphatic rings. The quantitative estimate of drug-likeness (QED) is 0.752. The summed E-state index contributed by atoms with van der Waals surface area (Å²) in [4.78, 5) is 0. The number of halogens is 1. The van der Waals surface area contributed by atoms with Crippen LogP contribution in [0, 0.1) is 11.3 Å². The first-order valence-electron chi connectivity index (χ1n) is 4.12. The lowest BCUT2D eigenvalue weighted by Crippen LogP contribution is -1.90. The van der Waals surface area contributed by atoms with E-state index >= 15 is 0 Å². The lowest BCUT2D eigenvalue weighted by Gasteiger charge is -2.05. The van der Waals surface area contributed by atoms with Crippen LogP contribution in [0.1, 0.15) is 11.1 Å². The van der Waals surface area contributed by atoms with Gasteiger partial charge in [0, 0.05) is 16.5 Å². The molecule has 0 atom stereocenters. The molecule has 0 unspecified atom stereocenters. The topological polar surface area (TPSA) is 33.0 Å². The molecule has 0 N–H and O–H groups in total. The van der Waals surface area contributed by atoms with Crippen LogP contribution in [-0.2, 0) is 12.8 Å². The third-order valence-electron chi connectivity index (χ3n) is 2.09. The molecule has 1 heterocycles. The Kier molecular flexibility index (Phi) is 2.24. The van der Waals surface area contributed by atoms with E-state index in [4.69, 9.17) is 10.00 Å².